The van der Waals surface area contributed by atoms with E-state index in [1.807, 2.05) is 0 Å². The standard InChI is InChI=1S/C14H20N2O3/c1-9(2)12-10(5-4-8-19-12)14(18)16-13-11(17)6-3-7-15-13/h3,6-7,9-10,12,17H,4-5,8H2,1-2H3,(H,15,16,18)/t10-,12+/m1/s1. The van der Waals surface area contributed by atoms with Crippen LogP contribution in [0, 0.1) is 11.8 Å². The van der Waals surface area contributed by atoms with Gasteiger partial charge in [0.05, 0.1) is 12.0 Å². The summed E-state index contributed by atoms with van der Waals surface area (Å²) in [6, 6.07) is 3.12. The van der Waals surface area contributed by atoms with Crippen LogP contribution in [0.15, 0.2) is 18.3 Å². The SMILES string of the molecule is CC(C)[C@@H]1OCCC[C@H]1C(=O)Nc1ncccc1O. The van der Waals surface area contributed by atoms with Crippen molar-refractivity contribution in [3.05, 3.63) is 18.3 Å². The molecule has 0 spiro atoms. The molecule has 0 unspecified atom stereocenters. The Morgan fingerprint density at radius 3 is 3.05 bits per heavy atom. The second kappa shape index (κ2) is 6.02. The van der Waals surface area contributed by atoms with Gasteiger partial charge in [0, 0.05) is 12.8 Å². The molecule has 1 aliphatic heterocycles. The highest BCUT2D eigenvalue weighted by molar-refractivity contribution is 5.93. The van der Waals surface area contributed by atoms with Crippen molar-refractivity contribution >= 4 is 11.7 Å². The van der Waals surface area contributed by atoms with Crippen LogP contribution < -0.4 is 5.32 Å². The molecule has 2 heterocycles. The number of carbonyl (C=O) groups is 1. The molecular weight excluding hydrogens is 244 g/mol. The second-order valence-corrected chi connectivity index (χ2v) is 5.19. The number of rotatable bonds is 3. The Morgan fingerprint density at radius 1 is 1.58 bits per heavy atom. The summed E-state index contributed by atoms with van der Waals surface area (Å²) >= 11 is 0. The number of ether oxygens (including phenoxy) is 1. The number of hydrogen-bond acceptors (Lipinski definition) is 4. The number of carbonyl (C=O) groups excluding carboxylic acids is 1. The van der Waals surface area contributed by atoms with Crippen molar-refractivity contribution in [2.45, 2.75) is 32.8 Å². The van der Waals surface area contributed by atoms with E-state index in [4.69, 9.17) is 4.74 Å². The van der Waals surface area contributed by atoms with Gasteiger partial charge in [-0.05, 0) is 30.9 Å². The maximum absolute atomic E-state index is 12.3. The fraction of sp³-hybridized carbons (Fsp3) is 0.571. The molecule has 0 saturated carbocycles. The molecule has 2 N–H and O–H groups in total. The Balaban J connectivity index is 2.08. The van der Waals surface area contributed by atoms with Gasteiger partial charge in [0.25, 0.3) is 0 Å². The van der Waals surface area contributed by atoms with E-state index in [-0.39, 0.29) is 35.4 Å². The second-order valence-electron chi connectivity index (χ2n) is 5.19. The van der Waals surface area contributed by atoms with Gasteiger partial charge in [-0.1, -0.05) is 13.8 Å². The monoisotopic (exact) mass is 264 g/mol. The van der Waals surface area contributed by atoms with E-state index in [1.54, 1.807) is 6.07 Å². The predicted octanol–water partition coefficient (Wildman–Crippen LogP) is 2.18. The molecule has 5 nitrogen and oxygen atoms in total. The number of nitrogens with zero attached hydrogens (tertiary/aromatic N) is 1. The number of nitrogens with one attached hydrogen (secondary N) is 1. The van der Waals surface area contributed by atoms with Gasteiger partial charge in [-0.15, -0.1) is 0 Å². The summed E-state index contributed by atoms with van der Waals surface area (Å²) < 4.78 is 5.70. The third-order valence-electron chi connectivity index (χ3n) is 3.39. The lowest BCUT2D eigenvalue weighted by Crippen LogP contribution is -2.41. The van der Waals surface area contributed by atoms with E-state index in [9.17, 15) is 9.90 Å². The van der Waals surface area contributed by atoms with Crippen molar-refractivity contribution < 1.29 is 14.6 Å². The maximum atomic E-state index is 12.3. The first-order valence-electron chi connectivity index (χ1n) is 6.66. The van der Waals surface area contributed by atoms with Gasteiger partial charge in [0.15, 0.2) is 11.6 Å². The molecule has 1 aromatic heterocycles. The summed E-state index contributed by atoms with van der Waals surface area (Å²) in [5.41, 5.74) is 0. The molecular formula is C14H20N2O3. The van der Waals surface area contributed by atoms with Gasteiger partial charge in [-0.25, -0.2) is 4.98 Å². The summed E-state index contributed by atoms with van der Waals surface area (Å²) in [5.74, 6) is 0.158. The molecule has 1 fully saturated rings. The number of pyridine rings is 1. The lowest BCUT2D eigenvalue weighted by atomic mass is 9.87. The number of hydrogen-bond donors (Lipinski definition) is 2. The average molecular weight is 264 g/mol. The third kappa shape index (κ3) is 3.23. The number of anilines is 1. The van der Waals surface area contributed by atoms with Gasteiger partial charge in [0.2, 0.25) is 5.91 Å². The fourth-order valence-corrected chi connectivity index (χ4v) is 2.44. The highest BCUT2D eigenvalue weighted by Gasteiger charge is 2.34. The number of aromatic nitrogens is 1. The van der Waals surface area contributed by atoms with E-state index in [0.717, 1.165) is 12.8 Å². The largest absolute Gasteiger partial charge is 0.504 e. The molecule has 1 aliphatic rings. The topological polar surface area (TPSA) is 71.5 Å². The molecule has 0 bridgehead atoms. The van der Waals surface area contributed by atoms with E-state index in [2.05, 4.69) is 24.1 Å². The van der Waals surface area contributed by atoms with E-state index in [1.165, 1.54) is 12.3 Å². The van der Waals surface area contributed by atoms with Gasteiger partial charge < -0.3 is 15.2 Å². The molecule has 2 atom stereocenters. The van der Waals surface area contributed by atoms with Crippen LogP contribution in [0.5, 0.6) is 5.75 Å². The summed E-state index contributed by atoms with van der Waals surface area (Å²) in [7, 11) is 0. The average Bonchev–Trinajstić information content (AvgIpc) is 2.41. The molecule has 2 rings (SSSR count). The van der Waals surface area contributed by atoms with Gasteiger partial charge in [0.1, 0.15) is 0 Å². The first-order valence-corrected chi connectivity index (χ1v) is 6.66. The van der Waals surface area contributed by atoms with Crippen molar-refractivity contribution in [1.29, 1.82) is 0 Å². The van der Waals surface area contributed by atoms with Crippen LogP contribution in [0.3, 0.4) is 0 Å². The third-order valence-corrected chi connectivity index (χ3v) is 3.39. The smallest absolute Gasteiger partial charge is 0.231 e. The molecule has 19 heavy (non-hydrogen) atoms. The Kier molecular flexibility index (Phi) is 4.37. The molecule has 104 valence electrons. The minimum Gasteiger partial charge on any atom is -0.504 e. The van der Waals surface area contributed by atoms with Crippen LogP contribution in [-0.4, -0.2) is 28.7 Å². The summed E-state index contributed by atoms with van der Waals surface area (Å²) in [5, 5.41) is 12.3. The van der Waals surface area contributed by atoms with E-state index in [0.29, 0.717) is 6.61 Å². The normalized spacial score (nSPS) is 23.3. The zero-order chi connectivity index (χ0) is 13.8. The highest BCUT2D eigenvalue weighted by Crippen LogP contribution is 2.28. The Hall–Kier alpha value is -1.62. The first-order chi connectivity index (χ1) is 9.09. The van der Waals surface area contributed by atoms with Crippen LogP contribution in [0.25, 0.3) is 0 Å². The fourth-order valence-electron chi connectivity index (χ4n) is 2.44. The van der Waals surface area contributed by atoms with Crippen molar-refractivity contribution in [2.75, 3.05) is 11.9 Å². The summed E-state index contributed by atoms with van der Waals surface area (Å²) in [6.45, 7) is 4.81. The van der Waals surface area contributed by atoms with E-state index >= 15 is 0 Å². The molecule has 0 aliphatic carbocycles. The minimum absolute atomic E-state index is 0.0197. The molecule has 1 aromatic rings. The highest BCUT2D eigenvalue weighted by atomic mass is 16.5. The Bertz CT molecular complexity index is 448. The molecule has 1 amide bonds. The van der Waals surface area contributed by atoms with Crippen LogP contribution in [0.1, 0.15) is 26.7 Å². The van der Waals surface area contributed by atoms with Crippen molar-refractivity contribution in [3.8, 4) is 5.75 Å². The van der Waals surface area contributed by atoms with Crippen LogP contribution >= 0.6 is 0 Å². The van der Waals surface area contributed by atoms with Crippen LogP contribution in [0.4, 0.5) is 5.82 Å². The Morgan fingerprint density at radius 2 is 2.37 bits per heavy atom. The molecule has 0 aromatic carbocycles. The predicted molar refractivity (Wildman–Crippen MR) is 71.8 cm³/mol. The quantitative estimate of drug-likeness (QED) is 0.877. The summed E-state index contributed by atoms with van der Waals surface area (Å²) in [4.78, 5) is 16.3. The number of aromatic hydroxyl groups is 1. The van der Waals surface area contributed by atoms with Crippen LogP contribution in [-0.2, 0) is 9.53 Å². The zero-order valence-corrected chi connectivity index (χ0v) is 11.3. The van der Waals surface area contributed by atoms with Crippen molar-refractivity contribution in [3.63, 3.8) is 0 Å². The zero-order valence-electron chi connectivity index (χ0n) is 11.3. The Labute approximate surface area is 113 Å². The van der Waals surface area contributed by atoms with Gasteiger partial charge in [-0.3, -0.25) is 4.79 Å². The summed E-state index contributed by atoms with van der Waals surface area (Å²) in [6.07, 6.45) is 3.16. The first kappa shape index (κ1) is 13.8. The van der Waals surface area contributed by atoms with E-state index < -0.39 is 0 Å². The maximum Gasteiger partial charge on any atom is 0.231 e. The lowest BCUT2D eigenvalue weighted by Gasteiger charge is -2.33. The van der Waals surface area contributed by atoms with Gasteiger partial charge in [-0.2, -0.15) is 0 Å². The molecule has 5 heteroatoms. The molecule has 1 saturated heterocycles. The minimum atomic E-state index is -0.185. The van der Waals surface area contributed by atoms with Gasteiger partial charge >= 0.3 is 0 Å². The lowest BCUT2D eigenvalue weighted by molar-refractivity contribution is -0.131. The van der Waals surface area contributed by atoms with Crippen molar-refractivity contribution in [2.24, 2.45) is 11.8 Å². The molecule has 0 radical (unpaired) electrons. The van der Waals surface area contributed by atoms with Crippen LogP contribution in [0.2, 0.25) is 0 Å². The number of amides is 1. The van der Waals surface area contributed by atoms with Crippen molar-refractivity contribution in [1.82, 2.24) is 4.98 Å².